The summed E-state index contributed by atoms with van der Waals surface area (Å²) >= 11 is 5.95. The molecule has 1 saturated heterocycles. The molecule has 2 heterocycles. The summed E-state index contributed by atoms with van der Waals surface area (Å²) in [5, 5.41) is 5.50. The Kier molecular flexibility index (Phi) is 4.89. The average Bonchev–Trinajstić information content (AvgIpc) is 2.94. The fourth-order valence-corrected chi connectivity index (χ4v) is 3.95. The number of fused-ring (bicyclic) bond motifs is 3. The summed E-state index contributed by atoms with van der Waals surface area (Å²) in [7, 11) is 0. The van der Waals surface area contributed by atoms with Crippen molar-refractivity contribution in [2.24, 2.45) is 0 Å². The zero-order valence-electron chi connectivity index (χ0n) is 15.1. The number of anilines is 2. The molecule has 4 nitrogen and oxygen atoms in total. The minimum absolute atomic E-state index is 0.0888. The molecule has 1 atom stereocenters. The average molecular weight is 450 g/mol. The second-order valence-corrected chi connectivity index (χ2v) is 7.43. The van der Waals surface area contributed by atoms with E-state index in [0.29, 0.717) is 6.54 Å². The van der Waals surface area contributed by atoms with Crippen LogP contribution in [-0.2, 0) is 12.4 Å². The van der Waals surface area contributed by atoms with Gasteiger partial charge in [0.25, 0.3) is 5.91 Å². The molecule has 0 spiro atoms. The van der Waals surface area contributed by atoms with Gasteiger partial charge < -0.3 is 15.5 Å². The third kappa shape index (κ3) is 3.58. The molecule has 0 bridgehead atoms. The van der Waals surface area contributed by atoms with Crippen LogP contribution in [0.2, 0.25) is 5.02 Å². The molecule has 1 amide bonds. The van der Waals surface area contributed by atoms with E-state index < -0.39 is 41.0 Å². The molecule has 2 aliphatic rings. The highest BCUT2D eigenvalue weighted by Crippen LogP contribution is 2.44. The van der Waals surface area contributed by atoms with Crippen LogP contribution in [0.5, 0.6) is 0 Å². The molecule has 11 heteroatoms. The molecule has 30 heavy (non-hydrogen) atoms. The van der Waals surface area contributed by atoms with Gasteiger partial charge in [0.1, 0.15) is 0 Å². The van der Waals surface area contributed by atoms with E-state index in [1.165, 1.54) is 11.0 Å². The van der Waals surface area contributed by atoms with Gasteiger partial charge in [0, 0.05) is 25.3 Å². The third-order valence-electron chi connectivity index (χ3n) is 5.12. The Hall–Kier alpha value is -2.46. The summed E-state index contributed by atoms with van der Waals surface area (Å²) in [4.78, 5) is 14.0. The minimum Gasteiger partial charge on any atom is -0.354 e. The lowest BCUT2D eigenvalue weighted by Gasteiger charge is -2.30. The van der Waals surface area contributed by atoms with E-state index >= 15 is 0 Å². The number of nitrogens with one attached hydrogen (secondary N) is 2. The first-order valence-electron chi connectivity index (χ1n) is 8.87. The van der Waals surface area contributed by atoms with E-state index in [1.54, 1.807) is 0 Å². The maximum absolute atomic E-state index is 13.7. The van der Waals surface area contributed by atoms with Crippen LogP contribution in [0.1, 0.15) is 33.1 Å². The molecule has 2 N–H and O–H groups in total. The van der Waals surface area contributed by atoms with E-state index in [-0.39, 0.29) is 35.1 Å². The molecule has 4 rings (SSSR count). The summed E-state index contributed by atoms with van der Waals surface area (Å²) in [5.41, 5.74) is -2.68. The number of alkyl halides is 6. The van der Waals surface area contributed by atoms with Crippen molar-refractivity contribution in [3.05, 3.63) is 57.6 Å². The highest BCUT2D eigenvalue weighted by atomic mass is 35.5. The summed E-state index contributed by atoms with van der Waals surface area (Å²) < 4.78 is 80.2. The number of piperazine rings is 1. The molecule has 0 saturated carbocycles. The van der Waals surface area contributed by atoms with E-state index in [4.69, 9.17) is 11.6 Å². The Morgan fingerprint density at radius 3 is 2.47 bits per heavy atom. The summed E-state index contributed by atoms with van der Waals surface area (Å²) in [6.45, 7) is 1.00. The Morgan fingerprint density at radius 2 is 1.80 bits per heavy atom. The molecule has 2 aromatic rings. The topological polar surface area (TPSA) is 44.4 Å². The van der Waals surface area contributed by atoms with Gasteiger partial charge in [-0.05, 0) is 35.9 Å². The summed E-state index contributed by atoms with van der Waals surface area (Å²) in [6, 6.07) is 4.02. The number of hydrogen-bond donors (Lipinski definition) is 2. The van der Waals surface area contributed by atoms with Gasteiger partial charge in [0.2, 0.25) is 0 Å². The number of nitrogens with zero attached hydrogens (tertiary/aromatic N) is 1. The van der Waals surface area contributed by atoms with Crippen LogP contribution in [0.15, 0.2) is 30.3 Å². The molecule has 2 aliphatic heterocycles. The summed E-state index contributed by atoms with van der Waals surface area (Å²) in [6.07, 6.45) is -9.46. The number of halogens is 7. The van der Waals surface area contributed by atoms with Crippen molar-refractivity contribution in [2.75, 3.05) is 25.0 Å². The first-order valence-corrected chi connectivity index (χ1v) is 9.25. The minimum atomic E-state index is -4.82. The van der Waals surface area contributed by atoms with Gasteiger partial charge in [-0.1, -0.05) is 11.6 Å². The molecular formula is C19H14ClF6N3O. The summed E-state index contributed by atoms with van der Waals surface area (Å²) in [5.74, 6) is -0.701. The molecule has 0 unspecified atom stereocenters. The molecule has 0 aromatic heterocycles. The van der Waals surface area contributed by atoms with Crippen molar-refractivity contribution in [2.45, 2.75) is 18.4 Å². The molecule has 160 valence electrons. The van der Waals surface area contributed by atoms with Crippen LogP contribution >= 0.6 is 11.6 Å². The van der Waals surface area contributed by atoms with Crippen LogP contribution in [0.4, 0.5) is 37.7 Å². The Bertz CT molecular complexity index is 1020. The zero-order valence-corrected chi connectivity index (χ0v) is 15.8. The predicted octanol–water partition coefficient (Wildman–Crippen LogP) is 5.22. The van der Waals surface area contributed by atoms with Gasteiger partial charge in [0.15, 0.2) is 0 Å². The Labute approximate surface area is 171 Å². The lowest BCUT2D eigenvalue weighted by Crippen LogP contribution is -2.44. The van der Waals surface area contributed by atoms with Crippen LogP contribution in [0.3, 0.4) is 0 Å². The van der Waals surface area contributed by atoms with Crippen molar-refractivity contribution in [3.8, 4) is 0 Å². The fraction of sp³-hybridized carbons (Fsp3) is 0.316. The van der Waals surface area contributed by atoms with E-state index in [9.17, 15) is 31.1 Å². The highest BCUT2D eigenvalue weighted by molar-refractivity contribution is 6.33. The number of rotatable bonds is 2. The van der Waals surface area contributed by atoms with Crippen LogP contribution < -0.4 is 10.6 Å². The third-order valence-corrected chi connectivity index (χ3v) is 5.45. The fourth-order valence-electron chi connectivity index (χ4n) is 3.78. The maximum Gasteiger partial charge on any atom is 0.417 e. The number of carbonyl (C=O) groups is 1. The molecule has 2 aromatic carbocycles. The predicted molar refractivity (Wildman–Crippen MR) is 97.8 cm³/mol. The Balaban J connectivity index is 1.81. The van der Waals surface area contributed by atoms with E-state index in [1.807, 2.05) is 0 Å². The maximum atomic E-state index is 13.7. The van der Waals surface area contributed by atoms with Gasteiger partial charge >= 0.3 is 12.4 Å². The first-order chi connectivity index (χ1) is 14.0. The van der Waals surface area contributed by atoms with Crippen molar-refractivity contribution < 1.29 is 31.1 Å². The van der Waals surface area contributed by atoms with Crippen LogP contribution in [0, 0.1) is 0 Å². The van der Waals surface area contributed by atoms with E-state index in [0.717, 1.165) is 24.3 Å². The van der Waals surface area contributed by atoms with Crippen LogP contribution in [0.25, 0.3) is 0 Å². The molecule has 0 aliphatic carbocycles. The number of carbonyl (C=O) groups excluding carboxylic acids is 1. The van der Waals surface area contributed by atoms with Crippen molar-refractivity contribution >= 4 is 28.9 Å². The first kappa shape index (κ1) is 20.8. The quantitative estimate of drug-likeness (QED) is 0.618. The number of benzene rings is 2. The second-order valence-electron chi connectivity index (χ2n) is 7.02. The number of amides is 1. The normalized spacial score (nSPS) is 19.0. The Morgan fingerprint density at radius 1 is 1.07 bits per heavy atom. The molecule has 0 radical (unpaired) electrons. The van der Waals surface area contributed by atoms with Gasteiger partial charge in [-0.15, -0.1) is 0 Å². The lowest BCUT2D eigenvalue weighted by atomic mass is 9.97. The number of hydrogen-bond acceptors (Lipinski definition) is 3. The van der Waals surface area contributed by atoms with Crippen molar-refractivity contribution in [1.29, 1.82) is 0 Å². The van der Waals surface area contributed by atoms with Crippen molar-refractivity contribution in [1.82, 2.24) is 10.2 Å². The van der Waals surface area contributed by atoms with Crippen molar-refractivity contribution in [3.63, 3.8) is 0 Å². The van der Waals surface area contributed by atoms with E-state index in [2.05, 4.69) is 10.6 Å². The van der Waals surface area contributed by atoms with Gasteiger partial charge in [-0.25, -0.2) is 0 Å². The SMILES string of the molecule is O=C1c2c(cc(Nc3cc(C(F)(F)F)ccc3Cl)cc2C(F)(F)F)[C@@H]2CNCCN12. The van der Waals surface area contributed by atoms with Gasteiger partial charge in [0.05, 0.1) is 33.4 Å². The van der Waals surface area contributed by atoms with Crippen LogP contribution in [-0.4, -0.2) is 30.4 Å². The second kappa shape index (κ2) is 7.05. The monoisotopic (exact) mass is 449 g/mol. The standard InChI is InChI=1S/C19H14ClF6N3O/c20-13-2-1-9(18(21,22)23)5-14(13)28-10-6-11-15-8-27-3-4-29(15)17(30)16(11)12(7-10)19(24,25)26/h1-2,5-7,15,27-28H,3-4,8H2/t15-/m0/s1. The zero-order chi connectivity index (χ0) is 21.8. The lowest BCUT2D eigenvalue weighted by molar-refractivity contribution is -0.138. The molecule has 1 fully saturated rings. The molecular weight excluding hydrogens is 436 g/mol. The van der Waals surface area contributed by atoms with Gasteiger partial charge in [-0.2, -0.15) is 26.3 Å². The van der Waals surface area contributed by atoms with Gasteiger partial charge in [-0.3, -0.25) is 4.79 Å². The smallest absolute Gasteiger partial charge is 0.354 e. The highest BCUT2D eigenvalue weighted by Gasteiger charge is 2.45. The largest absolute Gasteiger partial charge is 0.417 e.